The van der Waals surface area contributed by atoms with Crippen LogP contribution in [0.5, 0.6) is 0 Å². The van der Waals surface area contributed by atoms with Crippen molar-refractivity contribution in [2.75, 3.05) is 13.1 Å². The Hall–Kier alpha value is -0.860. The molecule has 0 unspecified atom stereocenters. The van der Waals surface area contributed by atoms with Gasteiger partial charge in [0.1, 0.15) is 12.2 Å². The molecule has 1 amide bonds. The van der Waals surface area contributed by atoms with Crippen molar-refractivity contribution in [2.45, 2.75) is 56.8 Å². The number of alkyl halides is 1. The van der Waals surface area contributed by atoms with E-state index in [1.165, 1.54) is 37.0 Å². The van der Waals surface area contributed by atoms with Gasteiger partial charge in [-0.2, -0.15) is 5.26 Å². The number of nitrogens with zero attached hydrogens (tertiary/aromatic N) is 2. The Morgan fingerprint density at radius 1 is 1.13 bits per heavy atom. The third-order valence-corrected chi connectivity index (χ3v) is 6.44. The van der Waals surface area contributed by atoms with Crippen LogP contribution >= 0.6 is 12.4 Å². The maximum Gasteiger partial charge on any atom is 0.237 e. The summed E-state index contributed by atoms with van der Waals surface area (Å²) < 4.78 is 13.4. The minimum absolute atomic E-state index is 0. The molecular formula is C17H25ClFN3O. The van der Waals surface area contributed by atoms with Crippen molar-refractivity contribution in [3.63, 3.8) is 0 Å². The molecule has 1 saturated heterocycles. The SMILES string of the molecule is Cl.N#C[C@@H]1C[C@H](F)CN1C(=O)CNC1C2CC3CC(C2)CC1C3. The lowest BCUT2D eigenvalue weighted by molar-refractivity contribution is -0.131. The fraction of sp³-hybridized carbons (Fsp3) is 0.882. The van der Waals surface area contributed by atoms with Crippen LogP contribution in [0.3, 0.4) is 0 Å². The second kappa shape index (κ2) is 6.57. The molecule has 23 heavy (non-hydrogen) atoms. The highest BCUT2D eigenvalue weighted by Crippen LogP contribution is 2.53. The van der Waals surface area contributed by atoms with Gasteiger partial charge in [0.2, 0.25) is 5.91 Å². The fourth-order valence-corrected chi connectivity index (χ4v) is 5.75. The monoisotopic (exact) mass is 341 g/mol. The molecule has 0 aromatic carbocycles. The highest BCUT2D eigenvalue weighted by Gasteiger charge is 2.48. The molecule has 1 heterocycles. The first-order valence-corrected chi connectivity index (χ1v) is 8.70. The normalized spacial score (nSPS) is 44.0. The van der Waals surface area contributed by atoms with E-state index in [1.807, 2.05) is 0 Å². The van der Waals surface area contributed by atoms with Crippen molar-refractivity contribution in [2.24, 2.45) is 23.7 Å². The second-order valence-corrected chi connectivity index (χ2v) is 7.86. The molecule has 1 N–H and O–H groups in total. The molecule has 5 rings (SSSR count). The van der Waals surface area contributed by atoms with E-state index in [-0.39, 0.29) is 37.8 Å². The van der Waals surface area contributed by atoms with Crippen LogP contribution in [0.25, 0.3) is 0 Å². The van der Waals surface area contributed by atoms with Gasteiger partial charge in [-0.1, -0.05) is 0 Å². The summed E-state index contributed by atoms with van der Waals surface area (Å²) in [5.41, 5.74) is 0. The number of amides is 1. The number of hydrogen-bond donors (Lipinski definition) is 1. The molecule has 0 aromatic heterocycles. The predicted molar refractivity (Wildman–Crippen MR) is 86.7 cm³/mol. The molecule has 0 radical (unpaired) electrons. The van der Waals surface area contributed by atoms with E-state index in [0.717, 1.165) is 23.7 Å². The Balaban J connectivity index is 0.00000156. The first kappa shape index (κ1) is 17.0. The number of carbonyl (C=O) groups excluding carboxylic acids is 1. The minimum Gasteiger partial charge on any atom is -0.323 e. The first-order chi connectivity index (χ1) is 10.6. The number of hydrogen-bond acceptors (Lipinski definition) is 3. The van der Waals surface area contributed by atoms with Crippen LogP contribution in [0, 0.1) is 35.0 Å². The van der Waals surface area contributed by atoms with Gasteiger partial charge in [0.15, 0.2) is 0 Å². The van der Waals surface area contributed by atoms with Crippen LogP contribution in [0.4, 0.5) is 4.39 Å². The molecule has 4 nitrogen and oxygen atoms in total. The van der Waals surface area contributed by atoms with Crippen molar-refractivity contribution in [3.8, 4) is 6.07 Å². The molecule has 5 aliphatic rings. The fourth-order valence-electron chi connectivity index (χ4n) is 5.75. The van der Waals surface area contributed by atoms with E-state index in [9.17, 15) is 9.18 Å². The number of nitriles is 1. The van der Waals surface area contributed by atoms with E-state index in [4.69, 9.17) is 5.26 Å². The predicted octanol–water partition coefficient (Wildman–Crippen LogP) is 2.29. The average Bonchev–Trinajstić information content (AvgIpc) is 2.87. The van der Waals surface area contributed by atoms with Gasteiger partial charge in [0.25, 0.3) is 0 Å². The quantitative estimate of drug-likeness (QED) is 0.856. The summed E-state index contributed by atoms with van der Waals surface area (Å²) >= 11 is 0. The Kier molecular flexibility index (Phi) is 4.85. The Morgan fingerprint density at radius 2 is 1.74 bits per heavy atom. The summed E-state index contributed by atoms with van der Waals surface area (Å²) in [6.45, 7) is 0.346. The molecule has 0 spiro atoms. The van der Waals surface area contributed by atoms with Crippen LogP contribution in [-0.4, -0.2) is 42.2 Å². The number of likely N-dealkylation sites (tertiary alicyclic amines) is 1. The molecule has 2 atom stereocenters. The van der Waals surface area contributed by atoms with Crippen molar-refractivity contribution in [3.05, 3.63) is 0 Å². The third-order valence-electron chi connectivity index (χ3n) is 6.44. The maximum atomic E-state index is 13.4. The highest BCUT2D eigenvalue weighted by atomic mass is 35.5. The molecule has 0 aromatic rings. The standard InChI is InChI=1S/C17H24FN3O.ClH/c18-14-6-15(7-19)21(9-14)16(22)8-20-17-12-2-10-1-11(4-12)5-13(17)3-10;/h10-15,17,20H,1-6,8-9H2;1H/t10?,11?,12?,13?,14-,15-,17?;/m0./s1. The lowest BCUT2D eigenvalue weighted by Crippen LogP contribution is -2.56. The molecule has 4 saturated carbocycles. The molecule has 4 bridgehead atoms. The number of halogens is 2. The molecule has 4 aliphatic carbocycles. The maximum absolute atomic E-state index is 13.4. The Morgan fingerprint density at radius 3 is 2.30 bits per heavy atom. The lowest BCUT2D eigenvalue weighted by Gasteiger charge is -2.54. The van der Waals surface area contributed by atoms with Gasteiger partial charge in [0.05, 0.1) is 19.2 Å². The van der Waals surface area contributed by atoms with E-state index in [2.05, 4.69) is 11.4 Å². The van der Waals surface area contributed by atoms with Gasteiger partial charge in [-0.15, -0.1) is 12.4 Å². The second-order valence-electron chi connectivity index (χ2n) is 7.86. The zero-order valence-corrected chi connectivity index (χ0v) is 14.1. The first-order valence-electron chi connectivity index (χ1n) is 8.70. The van der Waals surface area contributed by atoms with Gasteiger partial charge >= 0.3 is 0 Å². The summed E-state index contributed by atoms with van der Waals surface area (Å²) in [7, 11) is 0. The van der Waals surface area contributed by atoms with Crippen LogP contribution < -0.4 is 5.32 Å². The molecule has 1 aliphatic heterocycles. The van der Waals surface area contributed by atoms with Gasteiger partial charge in [-0.05, 0) is 55.8 Å². The Labute approximate surface area is 143 Å². The molecule has 6 heteroatoms. The largest absolute Gasteiger partial charge is 0.323 e. The summed E-state index contributed by atoms with van der Waals surface area (Å²) in [5.74, 6) is 3.18. The van der Waals surface area contributed by atoms with Gasteiger partial charge < -0.3 is 10.2 Å². The molecule has 128 valence electrons. The Bertz CT molecular complexity index is 481. The topological polar surface area (TPSA) is 56.1 Å². The molecular weight excluding hydrogens is 317 g/mol. The molecule has 5 fully saturated rings. The lowest BCUT2D eigenvalue weighted by atomic mass is 9.54. The smallest absolute Gasteiger partial charge is 0.237 e. The summed E-state index contributed by atoms with van der Waals surface area (Å²) in [6, 6.07) is 1.93. The number of rotatable bonds is 3. The summed E-state index contributed by atoms with van der Waals surface area (Å²) in [5, 5.41) is 12.5. The van der Waals surface area contributed by atoms with Crippen molar-refractivity contribution >= 4 is 18.3 Å². The van der Waals surface area contributed by atoms with Crippen LogP contribution in [-0.2, 0) is 4.79 Å². The third kappa shape index (κ3) is 3.08. The average molecular weight is 342 g/mol. The van der Waals surface area contributed by atoms with Crippen LogP contribution in [0.1, 0.15) is 38.5 Å². The van der Waals surface area contributed by atoms with Gasteiger partial charge in [-0.3, -0.25) is 4.79 Å². The van der Waals surface area contributed by atoms with Gasteiger partial charge in [0, 0.05) is 12.5 Å². The van der Waals surface area contributed by atoms with Crippen LogP contribution in [0.15, 0.2) is 0 Å². The number of carbonyl (C=O) groups is 1. The van der Waals surface area contributed by atoms with Crippen LogP contribution in [0.2, 0.25) is 0 Å². The van der Waals surface area contributed by atoms with Crippen molar-refractivity contribution in [1.82, 2.24) is 10.2 Å². The van der Waals surface area contributed by atoms with Gasteiger partial charge in [-0.25, -0.2) is 4.39 Å². The summed E-state index contributed by atoms with van der Waals surface area (Å²) in [6.07, 6.45) is 5.81. The van der Waals surface area contributed by atoms with E-state index in [0.29, 0.717) is 6.04 Å². The van der Waals surface area contributed by atoms with E-state index in [1.54, 1.807) is 0 Å². The summed E-state index contributed by atoms with van der Waals surface area (Å²) in [4.78, 5) is 13.8. The zero-order chi connectivity index (χ0) is 15.3. The van der Waals surface area contributed by atoms with Crippen molar-refractivity contribution < 1.29 is 9.18 Å². The van der Waals surface area contributed by atoms with E-state index >= 15 is 0 Å². The minimum atomic E-state index is -1.05. The highest BCUT2D eigenvalue weighted by molar-refractivity contribution is 5.85. The van der Waals surface area contributed by atoms with Crippen molar-refractivity contribution in [1.29, 1.82) is 5.26 Å². The number of nitrogens with one attached hydrogen (secondary N) is 1. The van der Waals surface area contributed by atoms with E-state index < -0.39 is 12.2 Å². The zero-order valence-electron chi connectivity index (χ0n) is 13.3.